The fourth-order valence-electron chi connectivity index (χ4n) is 4.83. The maximum absolute atomic E-state index is 13.1. The minimum absolute atomic E-state index is 0.0470. The van der Waals surface area contributed by atoms with Gasteiger partial charge in [0.2, 0.25) is 10.0 Å². The number of aliphatic hydroxyl groups excluding tert-OH is 1. The Morgan fingerprint density at radius 1 is 1.15 bits per heavy atom. The molecule has 1 aromatic heterocycles. The molecule has 8 nitrogen and oxygen atoms in total. The Hall–Kier alpha value is -2.04. The Bertz CT molecular complexity index is 1050. The third-order valence-corrected chi connectivity index (χ3v) is 8.18. The molecule has 0 radical (unpaired) electrons. The first-order valence-electron chi connectivity index (χ1n) is 12.2. The smallest absolute Gasteiger partial charge is 0.244 e. The Morgan fingerprint density at radius 2 is 2.00 bits per heavy atom. The molecule has 0 bridgehead atoms. The zero-order chi connectivity index (χ0) is 24.1. The van der Waals surface area contributed by atoms with Crippen LogP contribution < -0.4 is 9.46 Å². The average Bonchev–Trinajstić information content (AvgIpc) is 3.23. The van der Waals surface area contributed by atoms with Gasteiger partial charge in [-0.25, -0.2) is 13.1 Å². The molecule has 34 heavy (non-hydrogen) atoms. The van der Waals surface area contributed by atoms with Crippen LogP contribution in [0.25, 0.3) is 11.1 Å². The summed E-state index contributed by atoms with van der Waals surface area (Å²) < 4.78 is 35.3. The van der Waals surface area contributed by atoms with E-state index in [0.717, 1.165) is 37.2 Å². The lowest BCUT2D eigenvalue weighted by molar-refractivity contribution is 0.0713. The van der Waals surface area contributed by atoms with E-state index in [9.17, 15) is 13.5 Å². The van der Waals surface area contributed by atoms with E-state index in [1.54, 1.807) is 30.6 Å². The van der Waals surface area contributed by atoms with Crippen molar-refractivity contribution in [3.63, 3.8) is 0 Å². The fourth-order valence-corrected chi connectivity index (χ4v) is 6.02. The van der Waals surface area contributed by atoms with Crippen molar-refractivity contribution < 1.29 is 18.3 Å². The second kappa shape index (κ2) is 11.1. The molecule has 1 aromatic carbocycles. The number of unbranched alkanes of at least 4 members (excludes halogenated alkanes) is 3. The van der Waals surface area contributed by atoms with Crippen LogP contribution in [-0.2, 0) is 10.0 Å². The number of pyridine rings is 1. The van der Waals surface area contributed by atoms with Crippen LogP contribution in [0.1, 0.15) is 32.6 Å². The highest BCUT2D eigenvalue weighted by molar-refractivity contribution is 7.89. The largest absolute Gasteiger partial charge is 0.486 e. The van der Waals surface area contributed by atoms with Crippen LogP contribution in [0, 0.1) is 0 Å². The number of nitrogens with one attached hydrogen (secondary N) is 1. The number of nitrogens with zero attached hydrogens (tertiary/aromatic N) is 3. The van der Waals surface area contributed by atoms with Gasteiger partial charge in [-0.15, -0.1) is 0 Å². The SMILES string of the molecule is CCCCCCN1C[C@@H]2Oc3cc(-c4cccnc4)ccc3S(=O)(=O)NC[C@H](O)CN(C)[C@@H]2C1. The third kappa shape index (κ3) is 5.95. The molecule has 3 atom stereocenters. The van der Waals surface area contributed by atoms with Gasteiger partial charge in [-0.2, -0.15) is 0 Å². The fraction of sp³-hybridized carbons (Fsp3) is 0.560. The van der Waals surface area contributed by atoms with Crippen LogP contribution >= 0.6 is 0 Å². The minimum atomic E-state index is -3.85. The van der Waals surface area contributed by atoms with Crippen molar-refractivity contribution in [2.45, 2.75) is 55.8 Å². The number of hydrogen-bond acceptors (Lipinski definition) is 7. The van der Waals surface area contributed by atoms with Crippen molar-refractivity contribution >= 4 is 10.0 Å². The Labute approximate surface area is 203 Å². The molecule has 0 saturated carbocycles. The lowest BCUT2D eigenvalue weighted by atomic mass is 10.1. The van der Waals surface area contributed by atoms with E-state index in [4.69, 9.17) is 4.74 Å². The highest BCUT2D eigenvalue weighted by Gasteiger charge is 2.39. The molecule has 0 spiro atoms. The zero-order valence-corrected chi connectivity index (χ0v) is 20.9. The molecule has 2 N–H and O–H groups in total. The summed E-state index contributed by atoms with van der Waals surface area (Å²) in [4.78, 5) is 8.78. The van der Waals surface area contributed by atoms with E-state index in [1.165, 1.54) is 19.3 Å². The number of hydrogen-bond donors (Lipinski definition) is 2. The van der Waals surface area contributed by atoms with Crippen molar-refractivity contribution in [2.75, 3.05) is 39.8 Å². The van der Waals surface area contributed by atoms with Crippen molar-refractivity contribution in [2.24, 2.45) is 0 Å². The van der Waals surface area contributed by atoms with Crippen LogP contribution in [0.15, 0.2) is 47.6 Å². The van der Waals surface area contributed by atoms with Crippen LogP contribution in [0.2, 0.25) is 0 Å². The number of β-amino-alcohol motifs (C(OH)–C–C–N with tert-alkyl or cyclic N) is 1. The van der Waals surface area contributed by atoms with Gasteiger partial charge in [0, 0.05) is 44.1 Å². The second-order valence-electron chi connectivity index (χ2n) is 9.39. The molecular weight excluding hydrogens is 452 g/mol. The van der Waals surface area contributed by atoms with E-state index in [2.05, 4.69) is 26.4 Å². The molecule has 0 unspecified atom stereocenters. The molecule has 0 amide bonds. The van der Waals surface area contributed by atoms with E-state index in [-0.39, 0.29) is 23.6 Å². The van der Waals surface area contributed by atoms with Gasteiger partial charge in [0.25, 0.3) is 0 Å². The van der Waals surface area contributed by atoms with Crippen molar-refractivity contribution in [1.29, 1.82) is 0 Å². The monoisotopic (exact) mass is 488 g/mol. The number of fused-ring (bicyclic) bond motifs is 2. The van der Waals surface area contributed by atoms with E-state index in [1.807, 2.05) is 19.2 Å². The molecule has 0 aliphatic carbocycles. The molecule has 4 rings (SSSR count). The van der Waals surface area contributed by atoms with Gasteiger partial charge in [0.05, 0.1) is 12.1 Å². The summed E-state index contributed by atoms with van der Waals surface area (Å²) in [6.07, 6.45) is 7.22. The summed E-state index contributed by atoms with van der Waals surface area (Å²) >= 11 is 0. The predicted molar refractivity (Wildman–Crippen MR) is 132 cm³/mol. The zero-order valence-electron chi connectivity index (χ0n) is 20.1. The lowest BCUT2D eigenvalue weighted by Crippen LogP contribution is -2.47. The van der Waals surface area contributed by atoms with Crippen molar-refractivity contribution in [1.82, 2.24) is 19.5 Å². The normalized spacial score (nSPS) is 25.7. The van der Waals surface area contributed by atoms with Gasteiger partial charge >= 0.3 is 0 Å². The van der Waals surface area contributed by atoms with Gasteiger partial charge in [0.15, 0.2) is 0 Å². The summed E-state index contributed by atoms with van der Waals surface area (Å²) in [5.74, 6) is 0.335. The van der Waals surface area contributed by atoms with Gasteiger partial charge in [-0.05, 0) is 43.8 Å². The highest BCUT2D eigenvalue weighted by atomic mass is 32.2. The molecule has 9 heteroatoms. The molecule has 2 aliphatic rings. The Kier molecular flexibility index (Phi) is 8.21. The number of benzene rings is 1. The molecule has 1 saturated heterocycles. The number of likely N-dealkylation sites (N-methyl/N-ethyl adjacent to an activating group) is 1. The second-order valence-corrected chi connectivity index (χ2v) is 11.1. The first kappa shape index (κ1) is 25.1. The van der Waals surface area contributed by atoms with Gasteiger partial charge in [0.1, 0.15) is 16.7 Å². The van der Waals surface area contributed by atoms with Gasteiger partial charge in [-0.1, -0.05) is 38.3 Å². The number of ether oxygens (including phenoxy) is 1. The van der Waals surface area contributed by atoms with Crippen LogP contribution in [-0.4, -0.2) is 86.3 Å². The molecule has 3 heterocycles. The van der Waals surface area contributed by atoms with Crippen LogP contribution in [0.5, 0.6) is 5.75 Å². The standard InChI is InChI=1S/C25H36N4O4S/c1-3-4-5-6-12-29-17-22-24(18-29)33-23-13-19(20-8-7-11-26-14-20)9-10-25(23)34(31,32)27-15-21(30)16-28(22)2/h7-11,13-14,21-22,24,27,30H,3-6,12,15-18H2,1-2H3/t21-,22+,24-/m0/s1. The van der Waals surface area contributed by atoms with Gasteiger partial charge < -0.3 is 9.84 Å². The maximum atomic E-state index is 13.1. The summed E-state index contributed by atoms with van der Waals surface area (Å²) in [6.45, 7) is 5.08. The molecule has 1 fully saturated rings. The average molecular weight is 489 g/mol. The van der Waals surface area contributed by atoms with Crippen molar-refractivity contribution in [3.8, 4) is 16.9 Å². The molecule has 2 aliphatic heterocycles. The molecule has 2 aromatic rings. The predicted octanol–water partition coefficient (Wildman–Crippen LogP) is 2.35. The summed E-state index contributed by atoms with van der Waals surface area (Å²) in [5.41, 5.74) is 1.73. The summed E-state index contributed by atoms with van der Waals surface area (Å²) in [7, 11) is -1.88. The summed E-state index contributed by atoms with van der Waals surface area (Å²) in [6, 6.07) is 8.99. The van der Waals surface area contributed by atoms with E-state index >= 15 is 0 Å². The third-order valence-electron chi connectivity index (χ3n) is 6.72. The van der Waals surface area contributed by atoms with Crippen LogP contribution in [0.3, 0.4) is 0 Å². The van der Waals surface area contributed by atoms with Gasteiger partial charge in [-0.3, -0.25) is 14.8 Å². The summed E-state index contributed by atoms with van der Waals surface area (Å²) in [5, 5.41) is 10.5. The first-order valence-corrected chi connectivity index (χ1v) is 13.7. The maximum Gasteiger partial charge on any atom is 0.244 e. The quantitative estimate of drug-likeness (QED) is 0.603. The van der Waals surface area contributed by atoms with E-state index < -0.39 is 16.1 Å². The minimum Gasteiger partial charge on any atom is -0.486 e. The van der Waals surface area contributed by atoms with Crippen molar-refractivity contribution in [3.05, 3.63) is 42.7 Å². The van der Waals surface area contributed by atoms with Crippen LogP contribution in [0.4, 0.5) is 0 Å². The number of likely N-dealkylation sites (tertiary alicyclic amines) is 1. The van der Waals surface area contributed by atoms with E-state index in [0.29, 0.717) is 12.3 Å². The topological polar surface area (TPSA) is 95.0 Å². The number of sulfonamides is 1. The lowest BCUT2D eigenvalue weighted by Gasteiger charge is -2.30. The first-order chi connectivity index (χ1) is 16.4. The Morgan fingerprint density at radius 3 is 2.76 bits per heavy atom. The number of aromatic nitrogens is 1. The molecule has 186 valence electrons. The number of aliphatic hydroxyl groups is 1. The molecular formula is C25H36N4O4S. The Balaban J connectivity index is 1.66. The number of rotatable bonds is 6. The highest BCUT2D eigenvalue weighted by Crippen LogP contribution is 2.33.